The minimum absolute atomic E-state index is 0.245. The van der Waals surface area contributed by atoms with E-state index in [9.17, 15) is 4.79 Å². The largest absolute Gasteiger partial charge is 0.340 e. The Morgan fingerprint density at radius 3 is 2.63 bits per heavy atom. The van der Waals surface area contributed by atoms with Crippen LogP contribution in [0.25, 0.3) is 0 Å². The zero-order valence-electron chi connectivity index (χ0n) is 11.2. The first kappa shape index (κ1) is 14.3. The highest BCUT2D eigenvalue weighted by Gasteiger charge is 2.20. The molecule has 0 bridgehead atoms. The summed E-state index contributed by atoms with van der Waals surface area (Å²) >= 11 is 5.61. The molecule has 1 fully saturated rings. The number of piperazine rings is 1. The summed E-state index contributed by atoms with van der Waals surface area (Å²) in [6.45, 7) is 5.57. The molecular weight excluding hydrogens is 264 g/mol. The molecule has 0 N–H and O–H groups in total. The van der Waals surface area contributed by atoms with Gasteiger partial charge in [0.25, 0.3) is 0 Å². The normalized spacial score (nSPS) is 16.8. The molecule has 0 unspecified atom stereocenters. The molecule has 2 heterocycles. The summed E-state index contributed by atoms with van der Waals surface area (Å²) in [5, 5.41) is 0. The van der Waals surface area contributed by atoms with Crippen molar-refractivity contribution in [2.45, 2.75) is 19.4 Å². The second kappa shape index (κ2) is 7.50. The van der Waals surface area contributed by atoms with Gasteiger partial charge < -0.3 is 9.47 Å². The zero-order valence-corrected chi connectivity index (χ0v) is 11.9. The molecule has 6 heteroatoms. The molecule has 0 atom stereocenters. The van der Waals surface area contributed by atoms with Crippen molar-refractivity contribution in [1.29, 1.82) is 0 Å². The molecule has 0 radical (unpaired) electrons. The standard InChI is InChI=1S/C13H21ClN4O/c14-3-1-2-13(19)18-10-8-16(9-11-18)6-7-17-5-4-15-12-17/h4-5,12H,1-3,6-11H2. The van der Waals surface area contributed by atoms with Crippen LogP contribution in [-0.2, 0) is 11.3 Å². The molecule has 19 heavy (non-hydrogen) atoms. The molecule has 1 aliphatic heterocycles. The van der Waals surface area contributed by atoms with E-state index in [1.165, 1.54) is 0 Å². The summed E-state index contributed by atoms with van der Waals surface area (Å²) in [7, 11) is 0. The summed E-state index contributed by atoms with van der Waals surface area (Å²) in [5.41, 5.74) is 0. The lowest BCUT2D eigenvalue weighted by molar-refractivity contribution is -0.132. The van der Waals surface area contributed by atoms with Gasteiger partial charge in [0.15, 0.2) is 0 Å². The van der Waals surface area contributed by atoms with E-state index in [0.717, 1.165) is 45.7 Å². The maximum absolute atomic E-state index is 11.8. The van der Waals surface area contributed by atoms with Crippen LogP contribution >= 0.6 is 11.6 Å². The van der Waals surface area contributed by atoms with Crippen molar-refractivity contribution in [3.8, 4) is 0 Å². The quantitative estimate of drug-likeness (QED) is 0.733. The zero-order chi connectivity index (χ0) is 13.5. The fourth-order valence-corrected chi connectivity index (χ4v) is 2.41. The van der Waals surface area contributed by atoms with Crippen molar-refractivity contribution in [1.82, 2.24) is 19.4 Å². The smallest absolute Gasteiger partial charge is 0.222 e. The van der Waals surface area contributed by atoms with Gasteiger partial charge in [-0.3, -0.25) is 9.69 Å². The average Bonchev–Trinajstić information content (AvgIpc) is 2.96. The minimum Gasteiger partial charge on any atom is -0.340 e. The Hall–Kier alpha value is -1.07. The van der Waals surface area contributed by atoms with Crippen LogP contribution in [-0.4, -0.2) is 63.9 Å². The summed E-state index contributed by atoms with van der Waals surface area (Å²) in [5.74, 6) is 0.811. The Balaban J connectivity index is 1.66. The van der Waals surface area contributed by atoms with Crippen LogP contribution in [0.1, 0.15) is 12.8 Å². The maximum atomic E-state index is 11.8. The van der Waals surface area contributed by atoms with Crippen molar-refractivity contribution in [2.24, 2.45) is 0 Å². The van der Waals surface area contributed by atoms with E-state index >= 15 is 0 Å². The van der Waals surface area contributed by atoms with Gasteiger partial charge in [0.1, 0.15) is 0 Å². The summed E-state index contributed by atoms with van der Waals surface area (Å²) in [6, 6.07) is 0. The topological polar surface area (TPSA) is 41.4 Å². The van der Waals surface area contributed by atoms with Crippen molar-refractivity contribution in [2.75, 3.05) is 38.6 Å². The van der Waals surface area contributed by atoms with Gasteiger partial charge in [0, 0.05) is 64.0 Å². The van der Waals surface area contributed by atoms with Crippen molar-refractivity contribution >= 4 is 17.5 Å². The van der Waals surface area contributed by atoms with Gasteiger partial charge in [-0.15, -0.1) is 11.6 Å². The third kappa shape index (κ3) is 4.51. The molecule has 0 spiro atoms. The molecule has 1 saturated heterocycles. The molecule has 106 valence electrons. The van der Waals surface area contributed by atoms with Gasteiger partial charge in [-0.25, -0.2) is 4.98 Å². The number of alkyl halides is 1. The van der Waals surface area contributed by atoms with Gasteiger partial charge >= 0.3 is 0 Å². The third-order valence-electron chi connectivity index (χ3n) is 3.48. The number of amides is 1. The third-order valence-corrected chi connectivity index (χ3v) is 3.75. The van der Waals surface area contributed by atoms with Crippen molar-refractivity contribution in [3.63, 3.8) is 0 Å². The lowest BCUT2D eigenvalue weighted by Crippen LogP contribution is -2.49. The summed E-state index contributed by atoms with van der Waals surface area (Å²) < 4.78 is 2.08. The van der Waals surface area contributed by atoms with Crippen molar-refractivity contribution < 1.29 is 4.79 Å². The van der Waals surface area contributed by atoms with E-state index in [1.54, 1.807) is 6.20 Å². The Bertz CT molecular complexity index is 374. The first-order chi connectivity index (χ1) is 9.29. The van der Waals surface area contributed by atoms with E-state index in [-0.39, 0.29) is 5.91 Å². The predicted molar refractivity (Wildman–Crippen MR) is 75.2 cm³/mol. The molecule has 0 saturated carbocycles. The van der Waals surface area contributed by atoms with Crippen LogP contribution in [0, 0.1) is 0 Å². The SMILES string of the molecule is O=C(CCCCl)N1CCN(CCn2ccnc2)CC1. The number of halogens is 1. The van der Waals surface area contributed by atoms with Gasteiger partial charge in [-0.2, -0.15) is 0 Å². The van der Waals surface area contributed by atoms with E-state index in [4.69, 9.17) is 11.6 Å². The molecule has 1 aromatic rings. The second-order valence-corrected chi connectivity index (χ2v) is 5.19. The Labute approximate surface area is 119 Å². The summed E-state index contributed by atoms with van der Waals surface area (Å²) in [6.07, 6.45) is 6.98. The second-order valence-electron chi connectivity index (χ2n) is 4.82. The van der Waals surface area contributed by atoms with Gasteiger partial charge in [0.2, 0.25) is 5.91 Å². The van der Waals surface area contributed by atoms with E-state index in [0.29, 0.717) is 12.3 Å². The monoisotopic (exact) mass is 284 g/mol. The lowest BCUT2D eigenvalue weighted by atomic mass is 10.2. The Morgan fingerprint density at radius 1 is 1.21 bits per heavy atom. The molecule has 1 aromatic heterocycles. The number of carbonyl (C=O) groups excluding carboxylic acids is 1. The molecule has 0 aliphatic carbocycles. The first-order valence-electron chi connectivity index (χ1n) is 6.81. The number of carbonyl (C=O) groups is 1. The number of rotatable bonds is 6. The van der Waals surface area contributed by atoms with E-state index in [2.05, 4.69) is 14.5 Å². The highest BCUT2D eigenvalue weighted by atomic mass is 35.5. The van der Waals surface area contributed by atoms with E-state index < -0.39 is 0 Å². The fraction of sp³-hybridized carbons (Fsp3) is 0.692. The molecule has 5 nitrogen and oxygen atoms in total. The molecular formula is C13H21ClN4O. The van der Waals surface area contributed by atoms with Crippen LogP contribution in [0.15, 0.2) is 18.7 Å². The minimum atomic E-state index is 0.245. The summed E-state index contributed by atoms with van der Waals surface area (Å²) in [4.78, 5) is 20.2. The molecule has 1 aliphatic rings. The van der Waals surface area contributed by atoms with Crippen LogP contribution in [0.3, 0.4) is 0 Å². The molecule has 0 aromatic carbocycles. The molecule has 2 rings (SSSR count). The Kier molecular flexibility index (Phi) is 5.66. The number of nitrogens with zero attached hydrogens (tertiary/aromatic N) is 4. The van der Waals surface area contributed by atoms with Crippen LogP contribution in [0.4, 0.5) is 0 Å². The number of aromatic nitrogens is 2. The van der Waals surface area contributed by atoms with Gasteiger partial charge in [-0.1, -0.05) is 0 Å². The van der Waals surface area contributed by atoms with Crippen LogP contribution < -0.4 is 0 Å². The van der Waals surface area contributed by atoms with Gasteiger partial charge in [0.05, 0.1) is 6.33 Å². The van der Waals surface area contributed by atoms with Crippen LogP contribution in [0.5, 0.6) is 0 Å². The fourth-order valence-electron chi connectivity index (χ4n) is 2.27. The highest BCUT2D eigenvalue weighted by Crippen LogP contribution is 2.06. The maximum Gasteiger partial charge on any atom is 0.222 e. The Morgan fingerprint density at radius 2 is 2.00 bits per heavy atom. The van der Waals surface area contributed by atoms with Crippen LogP contribution in [0.2, 0.25) is 0 Å². The van der Waals surface area contributed by atoms with Gasteiger partial charge in [-0.05, 0) is 6.42 Å². The number of imidazole rings is 1. The predicted octanol–water partition coefficient (Wildman–Crippen LogP) is 1.05. The average molecular weight is 285 g/mol. The van der Waals surface area contributed by atoms with E-state index in [1.807, 2.05) is 17.4 Å². The number of hydrogen-bond acceptors (Lipinski definition) is 3. The first-order valence-corrected chi connectivity index (χ1v) is 7.35. The molecule has 1 amide bonds. The lowest BCUT2D eigenvalue weighted by Gasteiger charge is -2.34. The highest BCUT2D eigenvalue weighted by molar-refractivity contribution is 6.17. The number of hydrogen-bond donors (Lipinski definition) is 0. The van der Waals surface area contributed by atoms with Crippen molar-refractivity contribution in [3.05, 3.63) is 18.7 Å².